The van der Waals surface area contributed by atoms with E-state index in [1.165, 1.54) is 31.3 Å². The molecule has 0 saturated heterocycles. The van der Waals surface area contributed by atoms with Crippen molar-refractivity contribution in [1.29, 1.82) is 0 Å². The van der Waals surface area contributed by atoms with Crippen molar-refractivity contribution in [2.24, 2.45) is 22.7 Å². The van der Waals surface area contributed by atoms with Crippen LogP contribution in [0.25, 0.3) is 0 Å². The molecule has 212 valence electrons. The van der Waals surface area contributed by atoms with Crippen LogP contribution >= 0.6 is 0 Å². The molecular weight excluding hydrogens is 463 g/mol. The Balaban J connectivity index is 1.83. The smallest absolute Gasteiger partial charge is 0.127 e. The molecule has 0 heterocycles. The van der Waals surface area contributed by atoms with Crippen LogP contribution in [0, 0.1) is 22.7 Å². The number of rotatable bonds is 10. The van der Waals surface area contributed by atoms with Gasteiger partial charge in [-0.1, -0.05) is 51.0 Å². The zero-order valence-corrected chi connectivity index (χ0v) is 24.6. The van der Waals surface area contributed by atoms with Crippen LogP contribution in [0.2, 0.25) is 0 Å². The molecule has 0 radical (unpaired) electrons. The van der Waals surface area contributed by atoms with Gasteiger partial charge in [0.2, 0.25) is 0 Å². The predicted octanol–water partition coefficient (Wildman–Crippen LogP) is 7.99. The first kappa shape index (κ1) is 30.6. The molecule has 3 aliphatic carbocycles. The Morgan fingerprint density at radius 2 is 1.57 bits per heavy atom. The molecule has 3 N–H and O–H groups in total. The average molecular weight is 519 g/mol. The number of aliphatic hydroxyl groups is 3. The lowest BCUT2D eigenvalue weighted by molar-refractivity contribution is 0.00528. The second-order valence-corrected chi connectivity index (χ2v) is 14.5. The number of allylic oxidation sites excluding steroid dienone is 4. The van der Waals surface area contributed by atoms with Crippen molar-refractivity contribution in [3.8, 4) is 0 Å². The van der Waals surface area contributed by atoms with Gasteiger partial charge < -0.3 is 15.3 Å². The molecule has 37 heavy (non-hydrogen) atoms. The van der Waals surface area contributed by atoms with Crippen molar-refractivity contribution in [3.05, 3.63) is 35.5 Å². The van der Waals surface area contributed by atoms with Gasteiger partial charge in [-0.15, -0.1) is 0 Å². The van der Waals surface area contributed by atoms with Crippen LogP contribution in [0.3, 0.4) is 0 Å². The number of halogens is 1. The minimum Gasteiger partial charge on any atom is -0.393 e. The monoisotopic (exact) mass is 518 g/mol. The first-order chi connectivity index (χ1) is 17.0. The van der Waals surface area contributed by atoms with E-state index in [4.69, 9.17) is 0 Å². The van der Waals surface area contributed by atoms with Crippen LogP contribution in [0.5, 0.6) is 0 Å². The SMILES string of the molecule is C=C1/C(=C\C=C2/CCC[C@@]3(C)C2CC[C@@H]3C(C)(CCCC(C)(C)O)CCCC(C)(C)O)CC(O)C[C@@H]1F. The third kappa shape index (κ3) is 7.79. The zero-order valence-electron chi connectivity index (χ0n) is 24.6. The number of hydrogen-bond acceptors (Lipinski definition) is 3. The normalized spacial score (nSPS) is 33.8. The van der Waals surface area contributed by atoms with E-state index in [9.17, 15) is 19.7 Å². The van der Waals surface area contributed by atoms with Gasteiger partial charge in [-0.2, -0.15) is 0 Å². The van der Waals surface area contributed by atoms with Crippen LogP contribution in [0.15, 0.2) is 35.5 Å². The van der Waals surface area contributed by atoms with Gasteiger partial charge in [0.05, 0.1) is 17.3 Å². The van der Waals surface area contributed by atoms with Gasteiger partial charge in [0.1, 0.15) is 6.17 Å². The Labute approximate surface area is 226 Å². The maximum atomic E-state index is 14.3. The highest BCUT2D eigenvalue weighted by Crippen LogP contribution is 2.64. The summed E-state index contributed by atoms with van der Waals surface area (Å²) in [6.07, 6.45) is 15.0. The molecule has 0 bridgehead atoms. The summed E-state index contributed by atoms with van der Waals surface area (Å²) >= 11 is 0. The van der Waals surface area contributed by atoms with E-state index >= 15 is 0 Å². The van der Waals surface area contributed by atoms with Crippen LogP contribution in [-0.4, -0.2) is 38.8 Å². The molecule has 0 aromatic rings. The summed E-state index contributed by atoms with van der Waals surface area (Å²) in [5.74, 6) is 1.14. The van der Waals surface area contributed by atoms with Crippen molar-refractivity contribution in [1.82, 2.24) is 0 Å². The van der Waals surface area contributed by atoms with Gasteiger partial charge in [-0.05, 0) is 126 Å². The molecule has 0 aromatic carbocycles. The molecule has 3 fully saturated rings. The molecule has 3 rings (SSSR count). The van der Waals surface area contributed by atoms with Crippen molar-refractivity contribution < 1.29 is 19.7 Å². The first-order valence-corrected chi connectivity index (χ1v) is 14.9. The number of hydrogen-bond donors (Lipinski definition) is 3. The Kier molecular flexibility index (Phi) is 9.62. The zero-order chi connectivity index (χ0) is 27.6. The molecule has 2 unspecified atom stereocenters. The lowest BCUT2D eigenvalue weighted by Gasteiger charge is -2.50. The van der Waals surface area contributed by atoms with Gasteiger partial charge in [-0.3, -0.25) is 0 Å². The molecular formula is C33H55FO3. The van der Waals surface area contributed by atoms with Crippen LogP contribution in [0.4, 0.5) is 4.39 Å². The minimum atomic E-state index is -1.14. The summed E-state index contributed by atoms with van der Waals surface area (Å²) in [7, 11) is 0. The topological polar surface area (TPSA) is 60.7 Å². The molecule has 0 spiro atoms. The molecule has 5 atom stereocenters. The second kappa shape index (κ2) is 11.6. The third-order valence-electron chi connectivity index (χ3n) is 10.1. The number of alkyl halides is 1. The Morgan fingerprint density at radius 1 is 0.973 bits per heavy atom. The van der Waals surface area contributed by atoms with Gasteiger partial charge >= 0.3 is 0 Å². The van der Waals surface area contributed by atoms with E-state index in [2.05, 4.69) is 32.6 Å². The largest absolute Gasteiger partial charge is 0.393 e. The van der Waals surface area contributed by atoms with Crippen LogP contribution in [-0.2, 0) is 0 Å². The quantitative estimate of drug-likeness (QED) is 0.275. The van der Waals surface area contributed by atoms with Crippen molar-refractivity contribution in [3.63, 3.8) is 0 Å². The van der Waals surface area contributed by atoms with E-state index in [1.54, 1.807) is 0 Å². The minimum absolute atomic E-state index is 0.161. The molecule has 4 heteroatoms. The summed E-state index contributed by atoms with van der Waals surface area (Å²) < 4.78 is 14.3. The van der Waals surface area contributed by atoms with Crippen molar-refractivity contribution in [2.75, 3.05) is 0 Å². The molecule has 3 saturated carbocycles. The fourth-order valence-electron chi connectivity index (χ4n) is 8.14. The van der Waals surface area contributed by atoms with E-state index in [-0.39, 0.29) is 17.3 Å². The second-order valence-electron chi connectivity index (χ2n) is 14.5. The Bertz CT molecular complexity index is 838. The highest BCUT2D eigenvalue weighted by Gasteiger charge is 2.54. The summed E-state index contributed by atoms with van der Waals surface area (Å²) in [5.41, 5.74) is 2.01. The van der Waals surface area contributed by atoms with Gasteiger partial charge in [0.15, 0.2) is 0 Å². The predicted molar refractivity (Wildman–Crippen MR) is 152 cm³/mol. The summed E-state index contributed by atoms with van der Waals surface area (Å²) in [6.45, 7) is 16.6. The summed E-state index contributed by atoms with van der Waals surface area (Å²) in [5, 5.41) is 30.8. The van der Waals surface area contributed by atoms with Crippen LogP contribution in [0.1, 0.15) is 125 Å². The lowest BCUT2D eigenvalue weighted by atomic mass is 9.55. The first-order valence-electron chi connectivity index (χ1n) is 14.9. The van der Waals surface area contributed by atoms with Crippen molar-refractivity contribution in [2.45, 2.75) is 148 Å². The highest BCUT2D eigenvalue weighted by molar-refractivity contribution is 5.38. The molecule has 3 nitrogen and oxygen atoms in total. The van der Waals surface area contributed by atoms with Gasteiger partial charge in [0.25, 0.3) is 0 Å². The van der Waals surface area contributed by atoms with Gasteiger partial charge in [0, 0.05) is 6.42 Å². The summed E-state index contributed by atoms with van der Waals surface area (Å²) in [6, 6.07) is 0. The molecule has 3 aliphatic rings. The standard InChI is InChI=1S/C33H55FO3/c1-23-25(21-26(35)22-28(23)34)13-12-24-11-8-20-33(7)27(24)14-15-29(33)32(6,18-9-16-30(2,3)36)19-10-17-31(4,5)37/h12-13,26-29,35-37H,1,8-11,14-22H2,2-7H3/b24-12+,25-13-/t26?,27?,28-,29+,33-/m0/s1. The molecule has 0 aromatic heterocycles. The maximum absolute atomic E-state index is 14.3. The third-order valence-corrected chi connectivity index (χ3v) is 10.1. The van der Waals surface area contributed by atoms with E-state index in [0.29, 0.717) is 23.8 Å². The van der Waals surface area contributed by atoms with Crippen LogP contribution < -0.4 is 0 Å². The number of fused-ring (bicyclic) bond motifs is 1. The lowest BCUT2D eigenvalue weighted by Crippen LogP contribution is -2.41. The van der Waals surface area contributed by atoms with E-state index in [0.717, 1.165) is 50.5 Å². The van der Waals surface area contributed by atoms with Gasteiger partial charge in [-0.25, -0.2) is 4.39 Å². The fourth-order valence-corrected chi connectivity index (χ4v) is 8.14. The van der Waals surface area contributed by atoms with E-state index in [1.807, 2.05) is 27.7 Å². The summed E-state index contributed by atoms with van der Waals surface area (Å²) in [4.78, 5) is 0. The number of aliphatic hydroxyl groups excluding tert-OH is 1. The fraction of sp³-hybridized carbons (Fsp3) is 0.818. The van der Waals surface area contributed by atoms with Crippen molar-refractivity contribution >= 4 is 0 Å². The highest BCUT2D eigenvalue weighted by atomic mass is 19.1. The maximum Gasteiger partial charge on any atom is 0.127 e. The average Bonchev–Trinajstić information content (AvgIpc) is 3.11. The molecule has 0 amide bonds. The van der Waals surface area contributed by atoms with E-state index < -0.39 is 23.5 Å². The Hall–Kier alpha value is -0.970. The Morgan fingerprint density at radius 3 is 2.14 bits per heavy atom. The molecule has 0 aliphatic heterocycles.